The van der Waals surface area contributed by atoms with Gasteiger partial charge in [0.1, 0.15) is 18.2 Å². The molecule has 2 rings (SSSR count). The minimum absolute atomic E-state index is 0.111. The first kappa shape index (κ1) is 14.4. The molecule has 9 heteroatoms. The summed E-state index contributed by atoms with van der Waals surface area (Å²) in [6.45, 7) is 0.600. The Labute approximate surface area is 122 Å². The quantitative estimate of drug-likeness (QED) is 0.477. The topological polar surface area (TPSA) is 95.1 Å². The van der Waals surface area contributed by atoms with Gasteiger partial charge in [-0.2, -0.15) is 0 Å². The van der Waals surface area contributed by atoms with Crippen LogP contribution in [-0.4, -0.2) is 27.5 Å². The van der Waals surface area contributed by atoms with Gasteiger partial charge in [-0.15, -0.1) is 5.10 Å². The van der Waals surface area contributed by atoms with E-state index < -0.39 is 5.91 Å². The number of nitrogens with one attached hydrogen (secondary N) is 1. The van der Waals surface area contributed by atoms with E-state index in [4.69, 9.17) is 10.6 Å². The molecule has 1 heterocycles. The van der Waals surface area contributed by atoms with E-state index in [1.54, 1.807) is 6.07 Å². The molecule has 0 radical (unpaired) electrons. The van der Waals surface area contributed by atoms with E-state index >= 15 is 0 Å². The van der Waals surface area contributed by atoms with Crippen molar-refractivity contribution >= 4 is 21.8 Å². The molecule has 0 saturated heterocycles. The highest BCUT2D eigenvalue weighted by Gasteiger charge is 2.09. The van der Waals surface area contributed by atoms with Crippen LogP contribution in [0, 0.1) is 5.82 Å². The maximum Gasteiger partial charge on any atom is 0.287 e. The number of benzene rings is 1. The summed E-state index contributed by atoms with van der Waals surface area (Å²) >= 11 is 3.26. The summed E-state index contributed by atoms with van der Waals surface area (Å²) in [6.07, 6.45) is 1.44. The minimum atomic E-state index is -0.523. The number of aromatic nitrogens is 3. The number of halogens is 2. The van der Waals surface area contributed by atoms with Gasteiger partial charge in [-0.3, -0.25) is 10.2 Å². The lowest BCUT2D eigenvalue weighted by atomic mass is 10.3. The van der Waals surface area contributed by atoms with E-state index in [2.05, 4.69) is 26.2 Å². The lowest BCUT2D eigenvalue weighted by Crippen LogP contribution is -2.30. The first-order chi connectivity index (χ1) is 9.60. The highest BCUT2D eigenvalue weighted by Crippen LogP contribution is 2.25. The molecule has 1 aromatic carbocycles. The molecule has 0 saturated carbocycles. The number of nitrogens with two attached hydrogens (primary N) is 1. The Hall–Kier alpha value is -2.00. The number of carbonyl (C=O) groups is 1. The molecule has 1 aromatic heterocycles. The average Bonchev–Trinajstić information content (AvgIpc) is 2.90. The highest BCUT2D eigenvalue weighted by molar-refractivity contribution is 9.10. The molecule has 0 spiro atoms. The van der Waals surface area contributed by atoms with Gasteiger partial charge >= 0.3 is 0 Å². The Balaban J connectivity index is 1.91. The van der Waals surface area contributed by atoms with E-state index in [1.807, 2.05) is 5.43 Å². The van der Waals surface area contributed by atoms with Gasteiger partial charge in [-0.1, -0.05) is 5.21 Å². The van der Waals surface area contributed by atoms with Crippen LogP contribution in [0.3, 0.4) is 0 Å². The molecule has 0 unspecified atom stereocenters. The number of hydrogen-bond donors (Lipinski definition) is 2. The number of rotatable bonds is 5. The SMILES string of the molecule is NNC(=O)c1cn(CCOc2cc(F)ccc2Br)nn1. The normalized spacial score (nSPS) is 10.3. The zero-order valence-corrected chi connectivity index (χ0v) is 11.8. The third-order valence-electron chi connectivity index (χ3n) is 2.37. The zero-order chi connectivity index (χ0) is 14.5. The second kappa shape index (κ2) is 6.44. The van der Waals surface area contributed by atoms with Crippen molar-refractivity contribution in [3.63, 3.8) is 0 Å². The molecule has 0 fully saturated rings. The van der Waals surface area contributed by atoms with Crippen LogP contribution in [0.15, 0.2) is 28.9 Å². The predicted octanol–water partition coefficient (Wildman–Crippen LogP) is 0.862. The first-order valence-electron chi connectivity index (χ1n) is 5.59. The average molecular weight is 344 g/mol. The number of ether oxygens (including phenoxy) is 1. The van der Waals surface area contributed by atoms with E-state index in [0.29, 0.717) is 16.8 Å². The Morgan fingerprint density at radius 2 is 2.35 bits per heavy atom. The van der Waals surface area contributed by atoms with Gasteiger partial charge in [-0.25, -0.2) is 14.9 Å². The predicted molar refractivity (Wildman–Crippen MR) is 71.3 cm³/mol. The third kappa shape index (κ3) is 3.52. The van der Waals surface area contributed by atoms with Crippen molar-refractivity contribution in [2.45, 2.75) is 6.54 Å². The molecule has 0 atom stereocenters. The van der Waals surface area contributed by atoms with Crippen molar-refractivity contribution in [3.05, 3.63) is 40.4 Å². The summed E-state index contributed by atoms with van der Waals surface area (Å²) in [5.74, 6) is 4.47. The Morgan fingerprint density at radius 1 is 1.55 bits per heavy atom. The van der Waals surface area contributed by atoms with E-state index in [-0.39, 0.29) is 18.1 Å². The first-order valence-corrected chi connectivity index (χ1v) is 6.38. The van der Waals surface area contributed by atoms with Crippen molar-refractivity contribution in [2.75, 3.05) is 6.61 Å². The Morgan fingerprint density at radius 3 is 3.10 bits per heavy atom. The van der Waals surface area contributed by atoms with Gasteiger partial charge in [0, 0.05) is 6.07 Å². The van der Waals surface area contributed by atoms with Crippen LogP contribution in [0.1, 0.15) is 10.5 Å². The fourth-order valence-electron chi connectivity index (χ4n) is 1.42. The Kier molecular flexibility index (Phi) is 4.64. The molecule has 0 aliphatic carbocycles. The molecule has 0 aliphatic heterocycles. The summed E-state index contributed by atoms with van der Waals surface area (Å²) in [5, 5.41) is 7.38. The molecule has 2 aromatic rings. The molecule has 7 nitrogen and oxygen atoms in total. The summed E-state index contributed by atoms with van der Waals surface area (Å²) in [7, 11) is 0. The standard InChI is InChI=1S/C11H11BrFN5O2/c12-8-2-1-7(13)5-10(8)20-4-3-18-6-9(16-17-18)11(19)15-14/h1-2,5-6H,3-4,14H2,(H,15,19). The maximum absolute atomic E-state index is 13.0. The van der Waals surface area contributed by atoms with Gasteiger partial charge in [0.15, 0.2) is 5.69 Å². The Bertz CT molecular complexity index is 619. The smallest absolute Gasteiger partial charge is 0.287 e. The maximum atomic E-state index is 13.0. The van der Waals surface area contributed by atoms with Crippen LogP contribution in [-0.2, 0) is 6.54 Å². The minimum Gasteiger partial charge on any atom is -0.490 e. The van der Waals surface area contributed by atoms with Crippen molar-refractivity contribution < 1.29 is 13.9 Å². The second-order valence-corrected chi connectivity index (χ2v) is 4.62. The highest BCUT2D eigenvalue weighted by atomic mass is 79.9. The van der Waals surface area contributed by atoms with Crippen LogP contribution >= 0.6 is 15.9 Å². The van der Waals surface area contributed by atoms with Crippen LogP contribution in [0.5, 0.6) is 5.75 Å². The number of carbonyl (C=O) groups excluding carboxylic acids is 1. The van der Waals surface area contributed by atoms with Gasteiger partial charge in [-0.05, 0) is 28.1 Å². The van der Waals surface area contributed by atoms with Crippen molar-refractivity contribution in [1.82, 2.24) is 20.4 Å². The summed E-state index contributed by atoms with van der Waals surface area (Å²) in [5.41, 5.74) is 2.07. The molecule has 106 valence electrons. The van der Waals surface area contributed by atoms with Gasteiger partial charge in [0.05, 0.1) is 17.2 Å². The molecule has 1 amide bonds. The van der Waals surface area contributed by atoms with Crippen molar-refractivity contribution in [1.29, 1.82) is 0 Å². The van der Waals surface area contributed by atoms with Crippen LogP contribution in [0.2, 0.25) is 0 Å². The van der Waals surface area contributed by atoms with Gasteiger partial charge in [0.25, 0.3) is 5.91 Å². The number of hydrazine groups is 1. The molecular formula is C11H11BrFN5O2. The third-order valence-corrected chi connectivity index (χ3v) is 3.03. The molecule has 0 bridgehead atoms. The molecule has 20 heavy (non-hydrogen) atoms. The van der Waals surface area contributed by atoms with E-state index in [1.165, 1.54) is 23.0 Å². The van der Waals surface area contributed by atoms with Gasteiger partial charge < -0.3 is 4.74 Å². The number of nitrogen functional groups attached to an aromatic ring is 1. The largest absolute Gasteiger partial charge is 0.490 e. The lowest BCUT2D eigenvalue weighted by Gasteiger charge is -2.07. The fraction of sp³-hybridized carbons (Fsp3) is 0.182. The number of nitrogens with zero attached hydrogens (tertiary/aromatic N) is 3. The van der Waals surface area contributed by atoms with Crippen molar-refractivity contribution in [2.24, 2.45) is 5.84 Å². The monoisotopic (exact) mass is 343 g/mol. The molecule has 3 N–H and O–H groups in total. The lowest BCUT2D eigenvalue weighted by molar-refractivity contribution is 0.0948. The second-order valence-electron chi connectivity index (χ2n) is 3.76. The van der Waals surface area contributed by atoms with Gasteiger partial charge in [0.2, 0.25) is 0 Å². The molecule has 0 aliphatic rings. The van der Waals surface area contributed by atoms with Crippen LogP contribution < -0.4 is 16.0 Å². The number of hydrogen-bond acceptors (Lipinski definition) is 5. The number of amides is 1. The van der Waals surface area contributed by atoms with Crippen molar-refractivity contribution in [3.8, 4) is 5.75 Å². The van der Waals surface area contributed by atoms with Crippen LogP contribution in [0.4, 0.5) is 4.39 Å². The summed E-state index contributed by atoms with van der Waals surface area (Å²) in [4.78, 5) is 11.2. The summed E-state index contributed by atoms with van der Waals surface area (Å²) < 4.78 is 20.5. The van der Waals surface area contributed by atoms with Crippen LogP contribution in [0.25, 0.3) is 0 Å². The van der Waals surface area contributed by atoms with E-state index in [9.17, 15) is 9.18 Å². The summed E-state index contributed by atoms with van der Waals surface area (Å²) in [6, 6.07) is 4.16. The fourth-order valence-corrected chi connectivity index (χ4v) is 1.78. The molecular weight excluding hydrogens is 333 g/mol. The van der Waals surface area contributed by atoms with E-state index in [0.717, 1.165) is 0 Å². The zero-order valence-electron chi connectivity index (χ0n) is 10.2.